The zero-order valence-electron chi connectivity index (χ0n) is 7.01. The lowest BCUT2D eigenvalue weighted by Gasteiger charge is -2.09. The van der Waals surface area contributed by atoms with E-state index < -0.39 is 12.1 Å². The molecule has 0 aliphatic rings. The Kier molecular flexibility index (Phi) is 3.35. The normalized spacial score (nSPS) is 10.6. The van der Waals surface area contributed by atoms with E-state index in [9.17, 15) is 13.6 Å². The molecule has 0 atom stereocenters. The van der Waals surface area contributed by atoms with Gasteiger partial charge in [0.15, 0.2) is 6.29 Å². The molecule has 0 aromatic carbocycles. The van der Waals surface area contributed by atoms with Gasteiger partial charge < -0.3 is 5.73 Å². The van der Waals surface area contributed by atoms with Crippen LogP contribution in [0.4, 0.5) is 14.5 Å². The minimum absolute atomic E-state index is 0.00309. The molecule has 0 saturated carbocycles. The van der Waals surface area contributed by atoms with Gasteiger partial charge in [0.1, 0.15) is 5.69 Å². The number of nitrogens with two attached hydrogens (primary N) is 1. The van der Waals surface area contributed by atoms with Crippen molar-refractivity contribution in [3.8, 4) is 0 Å². The summed E-state index contributed by atoms with van der Waals surface area (Å²) in [5.41, 5.74) is 4.93. The molecule has 0 amide bonds. The van der Waals surface area contributed by atoms with Crippen LogP contribution in [-0.4, -0.2) is 11.3 Å². The summed E-state index contributed by atoms with van der Waals surface area (Å²) >= 11 is 5.44. The predicted octanol–water partition coefficient (Wildman–Crippen LogP) is 2.15. The number of aromatic nitrogens is 1. The van der Waals surface area contributed by atoms with Gasteiger partial charge in [0.05, 0.1) is 17.8 Å². The Hall–Kier alpha value is -1.23. The Morgan fingerprint density at radius 2 is 2.29 bits per heavy atom. The molecule has 0 fully saturated rings. The number of nitrogen functional groups attached to an aromatic ring is 1. The number of carbonyl (C=O) groups is 1. The molecule has 3 nitrogen and oxygen atoms in total. The molecule has 0 radical (unpaired) electrons. The van der Waals surface area contributed by atoms with E-state index in [0.717, 1.165) is 6.20 Å². The van der Waals surface area contributed by atoms with Crippen LogP contribution in [0.5, 0.6) is 0 Å². The van der Waals surface area contributed by atoms with E-state index in [-0.39, 0.29) is 22.7 Å². The molecular weight excluding hydrogens is 214 g/mol. The van der Waals surface area contributed by atoms with Crippen LogP contribution in [0.2, 0.25) is 0 Å². The summed E-state index contributed by atoms with van der Waals surface area (Å²) in [5, 5.41) is 0. The van der Waals surface area contributed by atoms with Crippen LogP contribution in [-0.2, 0) is 5.88 Å². The highest BCUT2D eigenvalue weighted by Crippen LogP contribution is 2.26. The smallest absolute Gasteiger partial charge is 0.280 e. The molecule has 1 rings (SSSR count). The summed E-state index contributed by atoms with van der Waals surface area (Å²) in [6.07, 6.45) is -1.33. The van der Waals surface area contributed by atoms with E-state index in [2.05, 4.69) is 4.98 Å². The van der Waals surface area contributed by atoms with Gasteiger partial charge in [-0.2, -0.15) is 0 Å². The number of hydrogen-bond donors (Lipinski definition) is 1. The van der Waals surface area contributed by atoms with Crippen LogP contribution in [0.3, 0.4) is 0 Å². The maximum Gasteiger partial charge on any atom is 0.280 e. The Balaban J connectivity index is 3.40. The van der Waals surface area contributed by atoms with Crippen LogP contribution >= 0.6 is 11.6 Å². The first-order valence-corrected chi connectivity index (χ1v) is 4.21. The molecule has 76 valence electrons. The molecule has 14 heavy (non-hydrogen) atoms. The number of pyridine rings is 1. The highest BCUT2D eigenvalue weighted by atomic mass is 35.5. The Bertz CT molecular complexity index is 357. The fraction of sp³-hybridized carbons (Fsp3) is 0.250. The van der Waals surface area contributed by atoms with Gasteiger partial charge in [-0.25, -0.2) is 8.78 Å². The zero-order chi connectivity index (χ0) is 10.7. The Labute approximate surface area is 83.9 Å². The molecule has 2 N–H and O–H groups in total. The summed E-state index contributed by atoms with van der Waals surface area (Å²) in [5.74, 6) is -0.216. The van der Waals surface area contributed by atoms with Crippen LogP contribution in [0.1, 0.15) is 28.0 Å². The molecular formula is C8H7ClF2N2O. The minimum Gasteiger partial charge on any atom is -0.397 e. The number of nitrogens with zero attached hydrogens (tertiary/aromatic N) is 1. The monoisotopic (exact) mass is 220 g/mol. The van der Waals surface area contributed by atoms with Crippen molar-refractivity contribution in [3.05, 3.63) is 23.0 Å². The predicted molar refractivity (Wildman–Crippen MR) is 48.6 cm³/mol. The molecule has 0 unspecified atom stereocenters. The van der Waals surface area contributed by atoms with Gasteiger partial charge in [0.25, 0.3) is 6.43 Å². The molecule has 0 bridgehead atoms. The van der Waals surface area contributed by atoms with Crippen molar-refractivity contribution >= 4 is 23.6 Å². The second kappa shape index (κ2) is 4.32. The fourth-order valence-electron chi connectivity index (χ4n) is 1.07. The lowest BCUT2D eigenvalue weighted by Crippen LogP contribution is -2.05. The highest BCUT2D eigenvalue weighted by molar-refractivity contribution is 6.17. The van der Waals surface area contributed by atoms with E-state index in [0.29, 0.717) is 6.29 Å². The van der Waals surface area contributed by atoms with Crippen molar-refractivity contribution in [3.63, 3.8) is 0 Å². The molecule has 0 saturated heterocycles. The number of carbonyl (C=O) groups excluding carboxylic acids is 1. The largest absolute Gasteiger partial charge is 0.397 e. The molecule has 1 aromatic rings. The molecule has 0 aliphatic heterocycles. The first-order chi connectivity index (χ1) is 6.61. The van der Waals surface area contributed by atoms with Crippen molar-refractivity contribution in [1.29, 1.82) is 0 Å². The van der Waals surface area contributed by atoms with Crippen molar-refractivity contribution in [2.45, 2.75) is 12.3 Å². The van der Waals surface area contributed by atoms with Crippen molar-refractivity contribution < 1.29 is 13.6 Å². The third-order valence-corrected chi connectivity index (χ3v) is 2.01. The first-order valence-electron chi connectivity index (χ1n) is 3.68. The third-order valence-electron chi connectivity index (χ3n) is 1.75. The van der Waals surface area contributed by atoms with Gasteiger partial charge in [-0.15, -0.1) is 11.6 Å². The summed E-state index contributed by atoms with van der Waals surface area (Å²) < 4.78 is 24.8. The lowest BCUT2D eigenvalue weighted by molar-refractivity contribution is 0.112. The highest BCUT2D eigenvalue weighted by Gasteiger charge is 2.18. The van der Waals surface area contributed by atoms with Gasteiger partial charge in [-0.05, 0) is 0 Å². The molecule has 0 aliphatic carbocycles. The summed E-state index contributed by atoms with van der Waals surface area (Å²) in [6.45, 7) is 0. The van der Waals surface area contributed by atoms with Gasteiger partial charge >= 0.3 is 0 Å². The van der Waals surface area contributed by atoms with E-state index in [4.69, 9.17) is 17.3 Å². The number of rotatable bonds is 3. The standard InChI is InChI=1S/C8H7ClF2N2O/c9-1-4-5(3-14)6(12)2-13-7(4)8(10)11/h2-3,8H,1,12H2. The fourth-order valence-corrected chi connectivity index (χ4v) is 1.35. The van der Waals surface area contributed by atoms with E-state index >= 15 is 0 Å². The van der Waals surface area contributed by atoms with E-state index in [1.54, 1.807) is 0 Å². The SMILES string of the molecule is Nc1cnc(C(F)F)c(CCl)c1C=O. The quantitative estimate of drug-likeness (QED) is 0.627. The molecule has 6 heteroatoms. The van der Waals surface area contributed by atoms with Gasteiger partial charge in [-0.3, -0.25) is 9.78 Å². The molecule has 1 aromatic heterocycles. The number of alkyl halides is 3. The second-order valence-corrected chi connectivity index (χ2v) is 2.81. The summed E-state index contributed by atoms with van der Waals surface area (Å²) in [7, 11) is 0. The third kappa shape index (κ3) is 1.82. The number of anilines is 1. The average molecular weight is 221 g/mol. The van der Waals surface area contributed by atoms with Gasteiger partial charge in [-0.1, -0.05) is 0 Å². The van der Waals surface area contributed by atoms with E-state index in [1.807, 2.05) is 0 Å². The zero-order valence-corrected chi connectivity index (χ0v) is 7.76. The maximum atomic E-state index is 12.4. The average Bonchev–Trinajstić information content (AvgIpc) is 2.16. The second-order valence-electron chi connectivity index (χ2n) is 2.54. The number of halogens is 3. The summed E-state index contributed by atoms with van der Waals surface area (Å²) in [6, 6.07) is 0. The number of aldehydes is 1. The van der Waals surface area contributed by atoms with Crippen LogP contribution in [0.15, 0.2) is 6.20 Å². The van der Waals surface area contributed by atoms with Crippen molar-refractivity contribution in [2.75, 3.05) is 5.73 Å². The van der Waals surface area contributed by atoms with Gasteiger partial charge in [0, 0.05) is 11.1 Å². The van der Waals surface area contributed by atoms with Crippen LogP contribution < -0.4 is 5.73 Å². The van der Waals surface area contributed by atoms with Crippen molar-refractivity contribution in [1.82, 2.24) is 4.98 Å². The molecule has 0 spiro atoms. The Morgan fingerprint density at radius 1 is 1.64 bits per heavy atom. The maximum absolute atomic E-state index is 12.4. The van der Waals surface area contributed by atoms with Crippen LogP contribution in [0.25, 0.3) is 0 Å². The minimum atomic E-state index is -2.76. The lowest BCUT2D eigenvalue weighted by atomic mass is 10.1. The van der Waals surface area contributed by atoms with Gasteiger partial charge in [0.2, 0.25) is 0 Å². The first kappa shape index (κ1) is 10.8. The van der Waals surface area contributed by atoms with Crippen molar-refractivity contribution in [2.24, 2.45) is 0 Å². The number of hydrogen-bond acceptors (Lipinski definition) is 3. The Morgan fingerprint density at radius 3 is 2.71 bits per heavy atom. The van der Waals surface area contributed by atoms with E-state index in [1.165, 1.54) is 0 Å². The summed E-state index contributed by atoms with van der Waals surface area (Å²) in [4.78, 5) is 14.0. The van der Waals surface area contributed by atoms with Crippen LogP contribution in [0, 0.1) is 0 Å². The topological polar surface area (TPSA) is 56.0 Å². The molecule has 1 heterocycles.